The van der Waals surface area contributed by atoms with Gasteiger partial charge in [-0.25, -0.2) is 13.4 Å². The summed E-state index contributed by atoms with van der Waals surface area (Å²) in [5, 5.41) is 7.04. The molecule has 1 aromatic rings. The molecule has 0 spiro atoms. The van der Waals surface area contributed by atoms with Gasteiger partial charge in [-0.15, -0.1) is 0 Å². The molecule has 90 valence electrons. The number of sulfonamides is 1. The van der Waals surface area contributed by atoms with Gasteiger partial charge in [0, 0.05) is 12.7 Å². The lowest BCUT2D eigenvalue weighted by Crippen LogP contribution is -2.41. The van der Waals surface area contributed by atoms with E-state index in [1.54, 1.807) is 4.57 Å². The number of hydrogen-bond donors (Lipinski definition) is 3. The molecule has 0 saturated carbocycles. The van der Waals surface area contributed by atoms with Crippen LogP contribution in [0, 0.1) is 5.41 Å². The molecule has 16 heavy (non-hydrogen) atoms. The molecule has 0 fully saturated rings. The van der Waals surface area contributed by atoms with Gasteiger partial charge in [0.25, 0.3) is 10.0 Å². The number of imidazole rings is 1. The van der Waals surface area contributed by atoms with Crippen LogP contribution in [0.4, 0.5) is 0 Å². The first-order chi connectivity index (χ1) is 7.36. The van der Waals surface area contributed by atoms with Gasteiger partial charge in [0.15, 0.2) is 5.03 Å². The molecule has 0 aliphatic rings. The minimum absolute atomic E-state index is 0.0672. The van der Waals surface area contributed by atoms with Crippen LogP contribution in [-0.2, 0) is 16.6 Å². The van der Waals surface area contributed by atoms with Crippen molar-refractivity contribution in [3.05, 3.63) is 12.5 Å². The van der Waals surface area contributed by atoms with Crippen LogP contribution in [-0.4, -0.2) is 29.8 Å². The first kappa shape index (κ1) is 12.7. The summed E-state index contributed by atoms with van der Waals surface area (Å²) >= 11 is 0. The molecule has 0 radical (unpaired) electrons. The second-order valence-corrected chi connectivity index (χ2v) is 5.00. The first-order valence-electron chi connectivity index (χ1n) is 4.75. The molecule has 1 atom stereocenters. The van der Waals surface area contributed by atoms with E-state index in [1.165, 1.54) is 19.4 Å². The monoisotopic (exact) mass is 245 g/mol. The maximum Gasteiger partial charge on any atom is 0.260 e. The van der Waals surface area contributed by atoms with Crippen molar-refractivity contribution in [2.45, 2.75) is 31.5 Å². The van der Waals surface area contributed by atoms with Gasteiger partial charge in [-0.3, -0.25) is 5.41 Å². The van der Waals surface area contributed by atoms with E-state index in [-0.39, 0.29) is 10.9 Å². The van der Waals surface area contributed by atoms with Gasteiger partial charge >= 0.3 is 0 Å². The fourth-order valence-corrected chi connectivity index (χ4v) is 2.18. The summed E-state index contributed by atoms with van der Waals surface area (Å²) in [6, 6.07) is -0.739. The van der Waals surface area contributed by atoms with Crippen molar-refractivity contribution in [3.8, 4) is 0 Å². The SMILES string of the molecule is CCn1cnc(S(=O)(=O)NC(C)C(=N)N)c1. The Hall–Kier alpha value is -1.41. The fourth-order valence-electron chi connectivity index (χ4n) is 1.01. The van der Waals surface area contributed by atoms with Crippen LogP contribution in [0.25, 0.3) is 0 Å². The van der Waals surface area contributed by atoms with Crippen molar-refractivity contribution in [1.29, 1.82) is 5.41 Å². The van der Waals surface area contributed by atoms with Gasteiger partial charge in [0.1, 0.15) is 5.84 Å². The smallest absolute Gasteiger partial charge is 0.260 e. The molecule has 1 heterocycles. The van der Waals surface area contributed by atoms with Gasteiger partial charge in [-0.2, -0.15) is 4.72 Å². The second kappa shape index (κ2) is 4.62. The quantitative estimate of drug-likeness (QED) is 0.479. The average Bonchev–Trinajstić information content (AvgIpc) is 2.65. The summed E-state index contributed by atoms with van der Waals surface area (Å²) in [5.74, 6) is -0.238. The van der Waals surface area contributed by atoms with Crippen LogP contribution in [0.1, 0.15) is 13.8 Å². The van der Waals surface area contributed by atoms with E-state index in [4.69, 9.17) is 11.1 Å². The number of nitrogens with one attached hydrogen (secondary N) is 2. The molecule has 0 aromatic carbocycles. The lowest BCUT2D eigenvalue weighted by atomic mass is 10.3. The number of nitrogens with zero attached hydrogens (tertiary/aromatic N) is 2. The number of aromatic nitrogens is 2. The summed E-state index contributed by atoms with van der Waals surface area (Å²) in [6.07, 6.45) is 2.86. The van der Waals surface area contributed by atoms with Crippen LogP contribution in [0.3, 0.4) is 0 Å². The highest BCUT2D eigenvalue weighted by Gasteiger charge is 2.21. The van der Waals surface area contributed by atoms with Crippen LogP contribution < -0.4 is 10.5 Å². The van der Waals surface area contributed by atoms with E-state index in [2.05, 4.69) is 9.71 Å². The molecule has 1 aromatic heterocycles. The Bertz CT molecular complexity index is 478. The molecule has 0 amide bonds. The molecule has 1 unspecified atom stereocenters. The summed E-state index contributed by atoms with van der Waals surface area (Å²) < 4.78 is 27.4. The molecular weight excluding hydrogens is 230 g/mol. The molecule has 1 rings (SSSR count). The third kappa shape index (κ3) is 2.80. The average molecular weight is 245 g/mol. The molecule has 0 aliphatic carbocycles. The van der Waals surface area contributed by atoms with Crippen LogP contribution >= 0.6 is 0 Å². The molecule has 0 bridgehead atoms. The van der Waals surface area contributed by atoms with E-state index in [1.807, 2.05) is 6.92 Å². The third-order valence-electron chi connectivity index (χ3n) is 2.05. The topological polar surface area (TPSA) is 114 Å². The number of nitrogens with two attached hydrogens (primary N) is 1. The fraction of sp³-hybridized carbons (Fsp3) is 0.500. The third-order valence-corrected chi connectivity index (χ3v) is 3.47. The maximum absolute atomic E-state index is 11.7. The van der Waals surface area contributed by atoms with E-state index in [0.29, 0.717) is 6.54 Å². The largest absolute Gasteiger partial charge is 0.386 e. The summed E-state index contributed by atoms with van der Waals surface area (Å²) in [6.45, 7) is 4.02. The Kier molecular flexibility index (Phi) is 3.66. The standard InChI is InChI=1S/C8H15N5O2S/c1-3-13-4-7(11-5-13)16(14,15)12-6(2)8(9)10/h4-6,12H,3H2,1-2H3,(H3,9,10). The Morgan fingerprint density at radius 3 is 2.81 bits per heavy atom. The predicted molar refractivity (Wildman–Crippen MR) is 59.6 cm³/mol. The van der Waals surface area contributed by atoms with Gasteiger partial charge < -0.3 is 10.3 Å². The van der Waals surface area contributed by atoms with Gasteiger partial charge in [0.2, 0.25) is 0 Å². The molecular formula is C8H15N5O2S. The predicted octanol–water partition coefficient (Wildman–Crippen LogP) is -0.494. The highest BCUT2D eigenvalue weighted by Crippen LogP contribution is 2.05. The Balaban J connectivity index is 2.90. The van der Waals surface area contributed by atoms with Crippen molar-refractivity contribution < 1.29 is 8.42 Å². The van der Waals surface area contributed by atoms with E-state index in [9.17, 15) is 8.42 Å². The molecule has 7 nitrogen and oxygen atoms in total. The molecule has 4 N–H and O–H groups in total. The van der Waals surface area contributed by atoms with Gasteiger partial charge in [0.05, 0.1) is 12.4 Å². The molecule has 8 heteroatoms. The van der Waals surface area contributed by atoms with E-state index < -0.39 is 16.1 Å². The zero-order valence-electron chi connectivity index (χ0n) is 9.14. The molecule has 0 aliphatic heterocycles. The number of amidine groups is 1. The maximum atomic E-state index is 11.7. The molecule has 0 saturated heterocycles. The van der Waals surface area contributed by atoms with Crippen LogP contribution in [0.15, 0.2) is 17.6 Å². The van der Waals surface area contributed by atoms with E-state index >= 15 is 0 Å². The number of aryl methyl sites for hydroxylation is 1. The zero-order valence-corrected chi connectivity index (χ0v) is 9.95. The highest BCUT2D eigenvalue weighted by atomic mass is 32.2. The zero-order chi connectivity index (χ0) is 12.3. The highest BCUT2D eigenvalue weighted by molar-refractivity contribution is 7.89. The van der Waals surface area contributed by atoms with E-state index in [0.717, 1.165) is 0 Å². The lowest BCUT2D eigenvalue weighted by Gasteiger charge is -2.10. The van der Waals surface area contributed by atoms with Crippen molar-refractivity contribution >= 4 is 15.9 Å². The van der Waals surface area contributed by atoms with Gasteiger partial charge in [-0.1, -0.05) is 0 Å². The Morgan fingerprint density at radius 2 is 2.38 bits per heavy atom. The van der Waals surface area contributed by atoms with Crippen LogP contribution in [0.2, 0.25) is 0 Å². The normalized spacial score (nSPS) is 13.6. The summed E-state index contributed by atoms with van der Waals surface area (Å²) in [4.78, 5) is 3.77. The van der Waals surface area contributed by atoms with Gasteiger partial charge in [-0.05, 0) is 13.8 Å². The minimum atomic E-state index is -3.70. The Morgan fingerprint density at radius 1 is 1.75 bits per heavy atom. The van der Waals surface area contributed by atoms with Crippen molar-refractivity contribution in [2.24, 2.45) is 5.73 Å². The Labute approximate surface area is 94.2 Å². The second-order valence-electron chi connectivity index (χ2n) is 3.34. The minimum Gasteiger partial charge on any atom is -0.386 e. The van der Waals surface area contributed by atoms with Crippen molar-refractivity contribution in [2.75, 3.05) is 0 Å². The van der Waals surface area contributed by atoms with Crippen molar-refractivity contribution in [3.63, 3.8) is 0 Å². The van der Waals surface area contributed by atoms with Crippen molar-refractivity contribution in [1.82, 2.24) is 14.3 Å². The first-order valence-corrected chi connectivity index (χ1v) is 6.23. The number of hydrogen-bond acceptors (Lipinski definition) is 4. The lowest BCUT2D eigenvalue weighted by molar-refractivity contribution is 0.574. The van der Waals surface area contributed by atoms with Crippen LogP contribution in [0.5, 0.6) is 0 Å². The summed E-state index contributed by atoms with van der Waals surface area (Å²) in [5.41, 5.74) is 5.18. The summed E-state index contributed by atoms with van der Waals surface area (Å²) in [7, 11) is -3.70. The number of rotatable bonds is 5.